The van der Waals surface area contributed by atoms with Crippen LogP contribution in [0.15, 0.2) is 34.1 Å². The second-order valence-corrected chi connectivity index (χ2v) is 9.93. The van der Waals surface area contributed by atoms with E-state index in [1.807, 2.05) is 6.92 Å². The van der Waals surface area contributed by atoms with E-state index in [1.54, 1.807) is 6.07 Å². The second kappa shape index (κ2) is 10.1. The first-order chi connectivity index (χ1) is 15.6. The molecule has 1 N–H and O–H groups in total. The summed E-state index contributed by atoms with van der Waals surface area (Å²) >= 11 is 0. The molecular weight excluding hydrogens is 451 g/mol. The molecule has 0 spiro atoms. The zero-order valence-electron chi connectivity index (χ0n) is 18.8. The van der Waals surface area contributed by atoms with Crippen molar-refractivity contribution in [2.24, 2.45) is 0 Å². The number of likely N-dealkylation sites (N-methyl/N-ethyl adjacent to an activating group) is 1. The number of halogens is 3. The van der Waals surface area contributed by atoms with Gasteiger partial charge in [-0.05, 0) is 51.6 Å². The van der Waals surface area contributed by atoms with Crippen LogP contribution in [-0.2, 0) is 9.84 Å². The Morgan fingerprint density at radius 1 is 1.03 bits per heavy atom. The Labute approximate surface area is 192 Å². The van der Waals surface area contributed by atoms with Crippen LogP contribution in [0.3, 0.4) is 0 Å². The average Bonchev–Trinajstić information content (AvgIpc) is 2.99. The molecule has 1 aliphatic rings. The number of fused-ring (bicyclic) bond motifs is 1. The van der Waals surface area contributed by atoms with E-state index in [4.69, 9.17) is 5.11 Å². The Hall–Kier alpha value is -2.60. The van der Waals surface area contributed by atoms with Crippen LogP contribution < -0.4 is 0 Å². The molecule has 0 aromatic heterocycles. The van der Waals surface area contributed by atoms with Crippen LogP contribution in [-0.4, -0.2) is 44.7 Å². The van der Waals surface area contributed by atoms with Crippen LogP contribution in [0, 0.1) is 36.2 Å². The SMILES string of the molecule is CCN(CCO)CCCC#Cc1ccc2c(c1)S(=O)(=O)C(C)=C2c1cc(F)c(C)c(F)c1F. The number of hydrogen-bond acceptors (Lipinski definition) is 4. The maximum Gasteiger partial charge on any atom is 0.203 e. The Morgan fingerprint density at radius 3 is 2.42 bits per heavy atom. The highest BCUT2D eigenvalue weighted by atomic mass is 32.2. The molecular formula is C25H26F3NO3S. The Bertz CT molecular complexity index is 1270. The van der Waals surface area contributed by atoms with E-state index in [1.165, 1.54) is 19.1 Å². The lowest BCUT2D eigenvalue weighted by molar-refractivity contribution is 0.201. The van der Waals surface area contributed by atoms with Crippen LogP contribution in [0.4, 0.5) is 13.2 Å². The third-order valence-electron chi connectivity index (χ3n) is 5.82. The third-order valence-corrected chi connectivity index (χ3v) is 7.75. The van der Waals surface area contributed by atoms with Gasteiger partial charge in [0.1, 0.15) is 5.82 Å². The number of rotatable bonds is 7. The number of aliphatic hydroxyl groups is 1. The predicted molar refractivity (Wildman–Crippen MR) is 122 cm³/mol. The van der Waals surface area contributed by atoms with Crippen molar-refractivity contribution in [1.82, 2.24) is 4.90 Å². The highest BCUT2D eigenvalue weighted by Crippen LogP contribution is 2.44. The van der Waals surface area contributed by atoms with Gasteiger partial charge in [0, 0.05) is 40.8 Å². The zero-order valence-corrected chi connectivity index (χ0v) is 19.6. The molecule has 1 aliphatic heterocycles. The fourth-order valence-corrected chi connectivity index (χ4v) is 5.41. The number of hydrogen-bond donors (Lipinski definition) is 1. The molecule has 0 radical (unpaired) electrons. The van der Waals surface area contributed by atoms with Crippen LogP contribution in [0.1, 0.15) is 48.9 Å². The molecule has 0 bridgehead atoms. The van der Waals surface area contributed by atoms with Crippen LogP contribution in [0.2, 0.25) is 0 Å². The summed E-state index contributed by atoms with van der Waals surface area (Å²) in [6.45, 7) is 6.78. The monoisotopic (exact) mass is 477 g/mol. The van der Waals surface area contributed by atoms with Crippen LogP contribution >= 0.6 is 0 Å². The van der Waals surface area contributed by atoms with Crippen molar-refractivity contribution in [3.8, 4) is 11.8 Å². The summed E-state index contributed by atoms with van der Waals surface area (Å²) in [5.74, 6) is 2.41. The van der Waals surface area contributed by atoms with Gasteiger partial charge in [0.25, 0.3) is 0 Å². The summed E-state index contributed by atoms with van der Waals surface area (Å²) in [5, 5.41) is 9.02. The van der Waals surface area contributed by atoms with E-state index >= 15 is 0 Å². The van der Waals surface area contributed by atoms with Gasteiger partial charge < -0.3 is 10.0 Å². The number of allylic oxidation sites excluding steroid dienone is 1. The first-order valence-electron chi connectivity index (χ1n) is 10.7. The first-order valence-corrected chi connectivity index (χ1v) is 12.2. The highest BCUT2D eigenvalue weighted by molar-refractivity contribution is 7.95. The highest BCUT2D eigenvalue weighted by Gasteiger charge is 2.35. The fraction of sp³-hybridized carbons (Fsp3) is 0.360. The van der Waals surface area contributed by atoms with Gasteiger partial charge in [-0.1, -0.05) is 24.8 Å². The molecule has 0 aliphatic carbocycles. The molecule has 0 unspecified atom stereocenters. The largest absolute Gasteiger partial charge is 0.395 e. The van der Waals surface area contributed by atoms with Crippen molar-refractivity contribution in [2.45, 2.75) is 38.5 Å². The minimum Gasteiger partial charge on any atom is -0.395 e. The Balaban J connectivity index is 1.90. The molecule has 1 heterocycles. The van der Waals surface area contributed by atoms with Crippen molar-refractivity contribution in [2.75, 3.05) is 26.2 Å². The van der Waals surface area contributed by atoms with Crippen molar-refractivity contribution >= 4 is 15.4 Å². The first kappa shape index (κ1) is 25.0. The van der Waals surface area contributed by atoms with Crippen molar-refractivity contribution < 1.29 is 26.7 Å². The molecule has 176 valence electrons. The minimum absolute atomic E-state index is 0.0386. The number of aliphatic hydroxyl groups excluding tert-OH is 1. The zero-order chi connectivity index (χ0) is 24.3. The van der Waals surface area contributed by atoms with Gasteiger partial charge in [-0.25, -0.2) is 21.6 Å². The molecule has 8 heteroatoms. The second-order valence-electron chi connectivity index (χ2n) is 7.87. The number of benzene rings is 2. The van der Waals surface area contributed by atoms with E-state index in [0.29, 0.717) is 18.5 Å². The molecule has 0 fully saturated rings. The molecule has 0 atom stereocenters. The molecule has 33 heavy (non-hydrogen) atoms. The topological polar surface area (TPSA) is 57.6 Å². The molecule has 2 aromatic rings. The van der Waals surface area contributed by atoms with Gasteiger partial charge in [0.05, 0.1) is 16.4 Å². The maximum atomic E-state index is 14.7. The number of nitrogens with zero attached hydrogens (tertiary/aromatic N) is 1. The summed E-state index contributed by atoms with van der Waals surface area (Å²) < 4.78 is 68.9. The van der Waals surface area contributed by atoms with Crippen LogP contribution in [0.25, 0.3) is 5.57 Å². The summed E-state index contributed by atoms with van der Waals surface area (Å²) in [6.07, 6.45) is 1.40. The maximum absolute atomic E-state index is 14.7. The Morgan fingerprint density at radius 2 is 1.76 bits per heavy atom. The molecule has 4 nitrogen and oxygen atoms in total. The van der Waals surface area contributed by atoms with Crippen molar-refractivity contribution in [1.29, 1.82) is 0 Å². The molecule has 0 saturated carbocycles. The summed E-state index contributed by atoms with van der Waals surface area (Å²) in [5.41, 5.74) is -0.237. The number of unbranched alkanes of at least 4 members (excludes halogenated alkanes) is 1. The van der Waals surface area contributed by atoms with E-state index in [9.17, 15) is 21.6 Å². The normalized spacial score (nSPS) is 14.4. The van der Waals surface area contributed by atoms with E-state index in [0.717, 1.165) is 32.5 Å². The molecule has 0 saturated heterocycles. The van der Waals surface area contributed by atoms with Crippen molar-refractivity contribution in [3.63, 3.8) is 0 Å². The molecule has 0 amide bonds. The van der Waals surface area contributed by atoms with Crippen LogP contribution in [0.5, 0.6) is 0 Å². The quantitative estimate of drug-likeness (QED) is 0.364. The summed E-state index contributed by atoms with van der Waals surface area (Å²) in [4.78, 5) is 1.89. The van der Waals surface area contributed by atoms with Gasteiger partial charge in [0.15, 0.2) is 11.6 Å². The Kier molecular flexibility index (Phi) is 7.68. The van der Waals surface area contributed by atoms with Gasteiger partial charge in [-0.2, -0.15) is 0 Å². The van der Waals surface area contributed by atoms with Gasteiger partial charge in [0.2, 0.25) is 9.84 Å². The van der Waals surface area contributed by atoms with Crippen molar-refractivity contribution in [3.05, 3.63) is 68.9 Å². The smallest absolute Gasteiger partial charge is 0.203 e. The third kappa shape index (κ3) is 4.86. The molecule has 2 aromatic carbocycles. The average molecular weight is 478 g/mol. The predicted octanol–water partition coefficient (Wildman–Crippen LogP) is 4.42. The summed E-state index contributed by atoms with van der Waals surface area (Å²) in [6, 6.07) is 5.36. The van der Waals surface area contributed by atoms with Gasteiger partial charge in [-0.3, -0.25) is 0 Å². The lowest BCUT2D eigenvalue weighted by atomic mass is 9.95. The minimum atomic E-state index is -3.94. The van der Waals surface area contributed by atoms with Gasteiger partial charge in [-0.15, -0.1) is 0 Å². The molecule has 3 rings (SSSR count). The van der Waals surface area contributed by atoms with Gasteiger partial charge >= 0.3 is 0 Å². The lowest BCUT2D eigenvalue weighted by Crippen LogP contribution is -2.27. The lowest BCUT2D eigenvalue weighted by Gasteiger charge is -2.17. The number of sulfone groups is 1. The fourth-order valence-electron chi connectivity index (χ4n) is 3.85. The van der Waals surface area contributed by atoms with E-state index in [2.05, 4.69) is 16.7 Å². The van der Waals surface area contributed by atoms with E-state index < -0.39 is 38.4 Å². The summed E-state index contributed by atoms with van der Waals surface area (Å²) in [7, 11) is -3.94. The standard InChI is InChI=1S/C25H26F3NO3S/c1-4-29(12-13-30)11-7-5-6-8-18-9-10-19-22(14-18)33(31,32)17(3)23(19)20-15-21(26)16(2)24(27)25(20)28/h9-10,14-15,30H,4-5,7,11-13H2,1-3H3. The van der Waals surface area contributed by atoms with E-state index in [-0.39, 0.29) is 27.5 Å².